The Balaban J connectivity index is 1.81. The van der Waals surface area contributed by atoms with Crippen LogP contribution < -0.4 is 4.74 Å². The van der Waals surface area contributed by atoms with Crippen molar-refractivity contribution in [3.05, 3.63) is 29.3 Å². The van der Waals surface area contributed by atoms with Crippen LogP contribution >= 0.6 is 0 Å². The third kappa shape index (κ3) is 2.70. The molecule has 1 fully saturated rings. The molecule has 0 saturated carbocycles. The Morgan fingerprint density at radius 3 is 2.86 bits per heavy atom. The van der Waals surface area contributed by atoms with Crippen molar-refractivity contribution >= 4 is 5.91 Å². The van der Waals surface area contributed by atoms with Gasteiger partial charge < -0.3 is 14.4 Å². The second-order valence-electron chi connectivity index (χ2n) is 5.04. The highest BCUT2D eigenvalue weighted by molar-refractivity contribution is 5.97. The van der Waals surface area contributed by atoms with E-state index in [-0.39, 0.29) is 13.2 Å². The molecular weight excluding hydrogens is 287 g/mol. The Kier molecular flexibility index (Phi) is 3.52. The van der Waals surface area contributed by atoms with Gasteiger partial charge in [-0.25, -0.2) is 0 Å². The van der Waals surface area contributed by atoms with E-state index in [2.05, 4.69) is 0 Å². The van der Waals surface area contributed by atoms with Crippen LogP contribution in [0.4, 0.5) is 13.2 Å². The summed E-state index contributed by atoms with van der Waals surface area (Å²) in [6.45, 7) is 0.0425. The molecule has 1 atom stereocenters. The lowest BCUT2D eigenvalue weighted by atomic mass is 10.1. The fourth-order valence-corrected chi connectivity index (χ4v) is 2.59. The topological polar surface area (TPSA) is 38.8 Å². The van der Waals surface area contributed by atoms with Crippen LogP contribution in [0.15, 0.2) is 18.2 Å². The summed E-state index contributed by atoms with van der Waals surface area (Å²) < 4.78 is 48.3. The Bertz CT molecular complexity index is 559. The number of carbonyl (C=O) groups is 1. The van der Waals surface area contributed by atoms with Crippen LogP contribution in [-0.2, 0) is 11.2 Å². The first-order valence-electron chi connectivity index (χ1n) is 6.69. The molecule has 21 heavy (non-hydrogen) atoms. The quantitative estimate of drug-likeness (QED) is 0.796. The van der Waals surface area contributed by atoms with E-state index < -0.39 is 24.7 Å². The number of alkyl halides is 3. The molecule has 1 aromatic carbocycles. The third-order valence-corrected chi connectivity index (χ3v) is 3.66. The van der Waals surface area contributed by atoms with Crippen molar-refractivity contribution in [1.29, 1.82) is 0 Å². The van der Waals surface area contributed by atoms with E-state index in [4.69, 9.17) is 9.47 Å². The van der Waals surface area contributed by atoms with Crippen molar-refractivity contribution in [3.8, 4) is 5.75 Å². The first-order valence-corrected chi connectivity index (χ1v) is 6.69. The number of ether oxygens (including phenoxy) is 2. The van der Waals surface area contributed by atoms with Gasteiger partial charge in [-0.15, -0.1) is 0 Å². The van der Waals surface area contributed by atoms with Gasteiger partial charge in [0.1, 0.15) is 5.75 Å². The van der Waals surface area contributed by atoms with Crippen LogP contribution in [0.3, 0.4) is 0 Å². The highest BCUT2D eigenvalue weighted by Gasteiger charge is 2.44. The number of morpholine rings is 1. The molecule has 114 valence electrons. The molecule has 2 aliphatic rings. The lowest BCUT2D eigenvalue weighted by Crippen LogP contribution is -2.51. The van der Waals surface area contributed by atoms with E-state index >= 15 is 0 Å². The second kappa shape index (κ2) is 5.22. The summed E-state index contributed by atoms with van der Waals surface area (Å²) in [6, 6.07) is 5.17. The van der Waals surface area contributed by atoms with E-state index in [0.717, 1.165) is 5.56 Å². The Hall–Kier alpha value is -1.76. The van der Waals surface area contributed by atoms with Gasteiger partial charge in [-0.2, -0.15) is 13.2 Å². The van der Waals surface area contributed by atoms with Gasteiger partial charge in [-0.05, 0) is 11.6 Å². The summed E-state index contributed by atoms with van der Waals surface area (Å²) in [5.74, 6) is 0.0591. The first kappa shape index (κ1) is 14.2. The highest BCUT2D eigenvalue weighted by atomic mass is 19.4. The first-order chi connectivity index (χ1) is 9.97. The van der Waals surface area contributed by atoms with Crippen LogP contribution in [0.1, 0.15) is 15.9 Å². The standard InChI is InChI=1S/C14H14F3NO3/c15-14(16,17)11-8-18(5-7-20-11)13(19)10-3-1-2-9-4-6-21-12(9)10/h1-3,11H,4-8H2. The molecule has 0 spiro atoms. The molecule has 0 N–H and O–H groups in total. The number of hydrogen-bond acceptors (Lipinski definition) is 3. The van der Waals surface area contributed by atoms with Gasteiger partial charge in [0, 0.05) is 13.0 Å². The summed E-state index contributed by atoms with van der Waals surface area (Å²) in [6.07, 6.45) is -5.67. The lowest BCUT2D eigenvalue weighted by molar-refractivity contribution is -0.233. The lowest BCUT2D eigenvalue weighted by Gasteiger charge is -2.34. The summed E-state index contributed by atoms with van der Waals surface area (Å²) >= 11 is 0. The second-order valence-corrected chi connectivity index (χ2v) is 5.04. The molecule has 1 unspecified atom stereocenters. The van der Waals surface area contributed by atoms with Gasteiger partial charge in [-0.3, -0.25) is 4.79 Å². The Labute approximate surface area is 119 Å². The van der Waals surface area contributed by atoms with Gasteiger partial charge >= 0.3 is 6.18 Å². The number of benzene rings is 1. The highest BCUT2D eigenvalue weighted by Crippen LogP contribution is 2.32. The molecule has 2 aliphatic heterocycles. The van der Waals surface area contributed by atoms with Crippen molar-refractivity contribution in [2.45, 2.75) is 18.7 Å². The monoisotopic (exact) mass is 301 g/mol. The maximum atomic E-state index is 12.7. The van der Waals surface area contributed by atoms with Gasteiger partial charge in [0.2, 0.25) is 0 Å². The van der Waals surface area contributed by atoms with Crippen LogP contribution in [0.2, 0.25) is 0 Å². The molecule has 0 aliphatic carbocycles. The average Bonchev–Trinajstić information content (AvgIpc) is 2.94. The zero-order valence-corrected chi connectivity index (χ0v) is 11.2. The number of rotatable bonds is 1. The summed E-state index contributed by atoms with van der Waals surface area (Å²) in [5.41, 5.74) is 1.24. The number of para-hydroxylation sites is 1. The molecule has 0 bridgehead atoms. The number of fused-ring (bicyclic) bond motifs is 1. The normalized spacial score (nSPS) is 21.9. The number of nitrogens with zero attached hydrogens (tertiary/aromatic N) is 1. The van der Waals surface area contributed by atoms with Crippen LogP contribution in [0.5, 0.6) is 5.75 Å². The predicted octanol–water partition coefficient (Wildman–Crippen LogP) is 2.02. The average molecular weight is 301 g/mol. The van der Waals surface area contributed by atoms with Crippen LogP contribution in [0.25, 0.3) is 0 Å². The molecule has 1 amide bonds. The number of hydrogen-bond donors (Lipinski definition) is 0. The number of halogens is 3. The van der Waals surface area contributed by atoms with E-state index in [1.807, 2.05) is 6.07 Å². The molecule has 2 heterocycles. The van der Waals surface area contributed by atoms with E-state index in [1.165, 1.54) is 4.90 Å². The van der Waals surface area contributed by atoms with Crippen molar-refractivity contribution in [3.63, 3.8) is 0 Å². The minimum absolute atomic E-state index is 0.119. The zero-order chi connectivity index (χ0) is 15.0. The summed E-state index contributed by atoms with van der Waals surface area (Å²) in [5, 5.41) is 0. The fourth-order valence-electron chi connectivity index (χ4n) is 2.59. The van der Waals surface area contributed by atoms with E-state index in [9.17, 15) is 18.0 Å². The van der Waals surface area contributed by atoms with Crippen LogP contribution in [0, 0.1) is 0 Å². The fraction of sp³-hybridized carbons (Fsp3) is 0.500. The molecular formula is C14H14F3NO3. The molecule has 4 nitrogen and oxygen atoms in total. The SMILES string of the molecule is O=C(c1cccc2c1OCC2)N1CCOC(C(F)(F)F)C1. The van der Waals surface area contributed by atoms with E-state index in [1.54, 1.807) is 12.1 Å². The minimum Gasteiger partial charge on any atom is -0.492 e. The molecule has 1 aromatic rings. The van der Waals surface area contributed by atoms with Crippen molar-refractivity contribution in [2.24, 2.45) is 0 Å². The van der Waals surface area contributed by atoms with Gasteiger partial charge in [-0.1, -0.05) is 12.1 Å². The predicted molar refractivity (Wildman–Crippen MR) is 67.3 cm³/mol. The van der Waals surface area contributed by atoms with Crippen LogP contribution in [-0.4, -0.2) is 49.4 Å². The number of carbonyl (C=O) groups excluding carboxylic acids is 1. The third-order valence-electron chi connectivity index (χ3n) is 3.66. The summed E-state index contributed by atoms with van der Waals surface area (Å²) in [7, 11) is 0. The van der Waals surface area contributed by atoms with Crippen molar-refractivity contribution < 1.29 is 27.4 Å². The summed E-state index contributed by atoms with van der Waals surface area (Å²) in [4.78, 5) is 13.6. The van der Waals surface area contributed by atoms with Crippen molar-refractivity contribution in [2.75, 3.05) is 26.3 Å². The molecule has 0 aromatic heterocycles. The van der Waals surface area contributed by atoms with Crippen molar-refractivity contribution in [1.82, 2.24) is 4.90 Å². The van der Waals surface area contributed by atoms with Gasteiger partial charge in [0.15, 0.2) is 6.10 Å². The molecule has 1 saturated heterocycles. The van der Waals surface area contributed by atoms with Gasteiger partial charge in [0.05, 0.1) is 25.3 Å². The molecule has 7 heteroatoms. The number of amides is 1. The molecule has 3 rings (SSSR count). The maximum Gasteiger partial charge on any atom is 0.416 e. The Morgan fingerprint density at radius 2 is 2.10 bits per heavy atom. The molecule has 0 radical (unpaired) electrons. The largest absolute Gasteiger partial charge is 0.492 e. The Morgan fingerprint density at radius 1 is 1.29 bits per heavy atom. The zero-order valence-electron chi connectivity index (χ0n) is 11.2. The minimum atomic E-state index is -4.46. The maximum absolute atomic E-state index is 12.7. The van der Waals surface area contributed by atoms with E-state index in [0.29, 0.717) is 24.3 Å². The van der Waals surface area contributed by atoms with Gasteiger partial charge in [0.25, 0.3) is 5.91 Å². The smallest absolute Gasteiger partial charge is 0.416 e.